The van der Waals surface area contributed by atoms with Crippen LogP contribution in [0.1, 0.15) is 52.3 Å². The SMILES string of the molecule is CO[C@@H](CCNC(=O)c1ccc(C)c(-n2c(C)nc(CCCCc3ccc(F)cc3F)c(Br)c2=O)c1)C(=O)O. The van der Waals surface area contributed by atoms with E-state index in [0.717, 1.165) is 11.6 Å². The largest absolute Gasteiger partial charge is 0.479 e. The van der Waals surface area contributed by atoms with Crippen LogP contribution < -0.4 is 10.9 Å². The first-order valence-electron chi connectivity index (χ1n) is 12.4. The van der Waals surface area contributed by atoms with Gasteiger partial charge in [0.15, 0.2) is 6.10 Å². The zero-order valence-corrected chi connectivity index (χ0v) is 23.5. The molecule has 1 amide bonds. The van der Waals surface area contributed by atoms with E-state index in [2.05, 4.69) is 26.2 Å². The predicted molar refractivity (Wildman–Crippen MR) is 145 cm³/mol. The molecule has 2 aromatic carbocycles. The second-order valence-electron chi connectivity index (χ2n) is 9.11. The number of amides is 1. The monoisotopic (exact) mass is 605 g/mol. The van der Waals surface area contributed by atoms with Gasteiger partial charge in [-0.2, -0.15) is 0 Å². The Labute approximate surface area is 233 Å². The minimum Gasteiger partial charge on any atom is -0.479 e. The summed E-state index contributed by atoms with van der Waals surface area (Å²) in [6.45, 7) is 3.62. The van der Waals surface area contributed by atoms with Gasteiger partial charge in [0, 0.05) is 31.7 Å². The summed E-state index contributed by atoms with van der Waals surface area (Å²) < 4.78 is 33.6. The fraction of sp³-hybridized carbons (Fsp3) is 0.357. The van der Waals surface area contributed by atoms with Crippen LogP contribution in [0.15, 0.2) is 45.7 Å². The summed E-state index contributed by atoms with van der Waals surface area (Å²) in [7, 11) is 1.29. The maximum Gasteiger partial charge on any atom is 0.332 e. The van der Waals surface area contributed by atoms with Crippen LogP contribution in [0, 0.1) is 25.5 Å². The van der Waals surface area contributed by atoms with Gasteiger partial charge in [-0.1, -0.05) is 12.1 Å². The molecule has 1 aromatic heterocycles. The van der Waals surface area contributed by atoms with Crippen molar-refractivity contribution in [3.63, 3.8) is 0 Å². The van der Waals surface area contributed by atoms with Crippen LogP contribution >= 0.6 is 15.9 Å². The maximum atomic E-state index is 13.9. The van der Waals surface area contributed by atoms with E-state index in [4.69, 9.17) is 9.84 Å². The first-order chi connectivity index (χ1) is 18.5. The van der Waals surface area contributed by atoms with Gasteiger partial charge in [-0.15, -0.1) is 0 Å². The topological polar surface area (TPSA) is 111 Å². The van der Waals surface area contributed by atoms with Crippen LogP contribution in [0.5, 0.6) is 0 Å². The second-order valence-corrected chi connectivity index (χ2v) is 9.90. The normalized spacial score (nSPS) is 11.8. The summed E-state index contributed by atoms with van der Waals surface area (Å²) in [4.78, 5) is 41.7. The Kier molecular flexibility index (Phi) is 10.5. The molecule has 0 unspecified atom stereocenters. The van der Waals surface area contributed by atoms with E-state index in [1.807, 2.05) is 6.92 Å². The number of carbonyl (C=O) groups is 2. The summed E-state index contributed by atoms with van der Waals surface area (Å²) >= 11 is 3.38. The first-order valence-corrected chi connectivity index (χ1v) is 13.2. The van der Waals surface area contributed by atoms with Gasteiger partial charge in [0.25, 0.3) is 11.5 Å². The lowest BCUT2D eigenvalue weighted by atomic mass is 10.1. The number of aryl methyl sites for hydroxylation is 4. The van der Waals surface area contributed by atoms with E-state index in [-0.39, 0.29) is 18.5 Å². The van der Waals surface area contributed by atoms with E-state index in [1.165, 1.54) is 23.8 Å². The lowest BCUT2D eigenvalue weighted by molar-refractivity contribution is -0.148. The second kappa shape index (κ2) is 13.6. The van der Waals surface area contributed by atoms with E-state index >= 15 is 0 Å². The number of methoxy groups -OCH3 is 1. The highest BCUT2D eigenvalue weighted by molar-refractivity contribution is 9.10. The van der Waals surface area contributed by atoms with Crippen molar-refractivity contribution in [3.05, 3.63) is 91.1 Å². The van der Waals surface area contributed by atoms with Crippen molar-refractivity contribution in [2.75, 3.05) is 13.7 Å². The van der Waals surface area contributed by atoms with Crippen molar-refractivity contribution >= 4 is 27.8 Å². The maximum absolute atomic E-state index is 13.9. The third kappa shape index (κ3) is 7.57. The molecule has 208 valence electrons. The zero-order valence-electron chi connectivity index (χ0n) is 21.9. The standard InChI is InChI=1S/C28H30BrF2N3O5/c1-16-8-9-19(26(35)32-13-12-24(39-3)28(37)38)14-23(16)34-17(2)33-22(25(29)27(34)36)7-5-4-6-18-10-11-20(30)15-21(18)31/h8-11,14-15,24H,4-7,12-13H2,1-3H3,(H,32,35)(H,37,38)/t24-/m0/s1. The highest BCUT2D eigenvalue weighted by Gasteiger charge is 2.19. The molecule has 0 saturated carbocycles. The summed E-state index contributed by atoms with van der Waals surface area (Å²) in [5.41, 5.74) is 2.24. The number of nitrogens with zero attached hydrogens (tertiary/aromatic N) is 2. The third-order valence-corrected chi connectivity index (χ3v) is 7.15. The van der Waals surface area contributed by atoms with Crippen LogP contribution in [-0.4, -0.2) is 46.3 Å². The number of aromatic nitrogens is 2. The molecule has 3 rings (SSSR count). The number of aliphatic carboxylic acids is 1. The molecule has 0 radical (unpaired) electrons. The highest BCUT2D eigenvalue weighted by atomic mass is 79.9. The van der Waals surface area contributed by atoms with E-state index in [9.17, 15) is 23.2 Å². The van der Waals surface area contributed by atoms with Gasteiger partial charge < -0.3 is 15.2 Å². The summed E-state index contributed by atoms with van der Waals surface area (Å²) in [6, 6.07) is 8.48. The summed E-state index contributed by atoms with van der Waals surface area (Å²) in [6.07, 6.45) is 1.28. The lowest BCUT2D eigenvalue weighted by Gasteiger charge is -2.16. The minimum atomic E-state index is -1.11. The molecule has 0 spiro atoms. The fourth-order valence-corrected chi connectivity index (χ4v) is 4.66. The quantitative estimate of drug-likeness (QED) is 0.290. The molecule has 11 heteroatoms. The van der Waals surface area contributed by atoms with Crippen molar-refractivity contribution in [1.82, 2.24) is 14.9 Å². The average Bonchev–Trinajstić information content (AvgIpc) is 2.89. The minimum absolute atomic E-state index is 0.0986. The molecule has 0 bridgehead atoms. The number of benzene rings is 2. The van der Waals surface area contributed by atoms with E-state index < -0.39 is 29.6 Å². The molecule has 0 fully saturated rings. The molecular formula is C28H30BrF2N3O5. The van der Waals surface area contributed by atoms with Crippen molar-refractivity contribution < 1.29 is 28.2 Å². The van der Waals surface area contributed by atoms with Crippen molar-refractivity contribution in [3.8, 4) is 5.69 Å². The van der Waals surface area contributed by atoms with Crippen molar-refractivity contribution in [2.24, 2.45) is 0 Å². The zero-order chi connectivity index (χ0) is 28.7. The molecule has 39 heavy (non-hydrogen) atoms. The number of carbonyl (C=O) groups excluding carboxylic acids is 1. The molecule has 0 aliphatic heterocycles. The van der Waals surface area contributed by atoms with E-state index in [1.54, 1.807) is 25.1 Å². The van der Waals surface area contributed by atoms with Crippen LogP contribution in [0.25, 0.3) is 5.69 Å². The van der Waals surface area contributed by atoms with Gasteiger partial charge in [-0.3, -0.25) is 14.2 Å². The van der Waals surface area contributed by atoms with Gasteiger partial charge in [0.2, 0.25) is 0 Å². The summed E-state index contributed by atoms with van der Waals surface area (Å²) in [5, 5.41) is 11.7. The molecule has 0 saturated heterocycles. The summed E-state index contributed by atoms with van der Waals surface area (Å²) in [5.74, 6) is -2.27. The lowest BCUT2D eigenvalue weighted by Crippen LogP contribution is -2.31. The highest BCUT2D eigenvalue weighted by Crippen LogP contribution is 2.21. The van der Waals surface area contributed by atoms with Crippen LogP contribution in [0.4, 0.5) is 8.78 Å². The van der Waals surface area contributed by atoms with Crippen molar-refractivity contribution in [2.45, 2.75) is 52.1 Å². The number of ether oxygens (including phenoxy) is 1. The van der Waals surface area contributed by atoms with Gasteiger partial charge in [0.1, 0.15) is 21.9 Å². The third-order valence-electron chi connectivity index (χ3n) is 6.35. The van der Waals surface area contributed by atoms with Crippen LogP contribution in [-0.2, 0) is 22.4 Å². The van der Waals surface area contributed by atoms with Crippen LogP contribution in [0.3, 0.4) is 0 Å². The van der Waals surface area contributed by atoms with Gasteiger partial charge in [0.05, 0.1) is 11.4 Å². The molecule has 8 nitrogen and oxygen atoms in total. The van der Waals surface area contributed by atoms with Gasteiger partial charge in [-0.25, -0.2) is 18.6 Å². The Morgan fingerprint density at radius 1 is 1.13 bits per heavy atom. The number of unbranched alkanes of at least 4 members (excludes halogenated alkanes) is 1. The van der Waals surface area contributed by atoms with Gasteiger partial charge in [-0.05, 0) is 84.8 Å². The number of carboxylic acid groups (broad SMARTS) is 1. The average molecular weight is 606 g/mol. The number of carboxylic acids is 1. The molecule has 2 N–H and O–H groups in total. The number of nitrogens with one attached hydrogen (secondary N) is 1. The molecule has 1 heterocycles. The number of hydrogen-bond acceptors (Lipinski definition) is 5. The Morgan fingerprint density at radius 2 is 1.85 bits per heavy atom. The predicted octanol–water partition coefficient (Wildman–Crippen LogP) is 4.67. The Balaban J connectivity index is 1.73. The van der Waals surface area contributed by atoms with E-state index in [0.29, 0.717) is 58.5 Å². The number of hydrogen-bond donors (Lipinski definition) is 2. The van der Waals surface area contributed by atoms with Crippen LogP contribution in [0.2, 0.25) is 0 Å². The number of rotatable bonds is 12. The Bertz CT molecular complexity index is 1430. The van der Waals surface area contributed by atoms with Crippen molar-refractivity contribution in [1.29, 1.82) is 0 Å². The Hall–Kier alpha value is -3.44. The smallest absolute Gasteiger partial charge is 0.332 e. The Morgan fingerprint density at radius 3 is 2.51 bits per heavy atom. The fourth-order valence-electron chi connectivity index (χ4n) is 4.20. The molecule has 0 aliphatic rings. The van der Waals surface area contributed by atoms with Gasteiger partial charge >= 0.3 is 5.97 Å². The molecule has 1 atom stereocenters. The molecular weight excluding hydrogens is 576 g/mol. The first kappa shape index (κ1) is 30.1. The molecule has 3 aromatic rings. The molecule has 0 aliphatic carbocycles. The number of halogens is 3.